The van der Waals surface area contributed by atoms with Crippen molar-refractivity contribution < 1.29 is 9.90 Å². The van der Waals surface area contributed by atoms with Crippen LogP contribution in [0.5, 0.6) is 0 Å². The van der Waals surface area contributed by atoms with Gasteiger partial charge in [0.05, 0.1) is 23.8 Å². The van der Waals surface area contributed by atoms with E-state index in [0.29, 0.717) is 17.5 Å². The summed E-state index contributed by atoms with van der Waals surface area (Å²) < 4.78 is 1.73. The van der Waals surface area contributed by atoms with Gasteiger partial charge in [0.15, 0.2) is 0 Å². The molecule has 2 aromatic rings. The van der Waals surface area contributed by atoms with Crippen LogP contribution in [0.2, 0.25) is 0 Å². The number of benzene rings is 1. The number of aliphatic hydroxyl groups is 1. The second-order valence-electron chi connectivity index (χ2n) is 6.81. The average Bonchev–Trinajstić information content (AvgIpc) is 3.31. The first-order chi connectivity index (χ1) is 11.7. The van der Waals surface area contributed by atoms with Gasteiger partial charge in [0.25, 0.3) is 0 Å². The number of para-hydroxylation sites is 1. The Morgan fingerprint density at radius 3 is 2.83 bits per heavy atom. The van der Waals surface area contributed by atoms with Crippen molar-refractivity contribution in [2.24, 2.45) is 17.8 Å². The molecule has 2 amide bonds. The largest absolute Gasteiger partial charge is 0.396 e. The summed E-state index contributed by atoms with van der Waals surface area (Å²) in [6, 6.07) is 9.61. The number of nitrogens with one attached hydrogen (secondary N) is 2. The van der Waals surface area contributed by atoms with Crippen molar-refractivity contribution in [2.45, 2.75) is 25.3 Å². The van der Waals surface area contributed by atoms with Gasteiger partial charge in [-0.1, -0.05) is 18.2 Å². The van der Waals surface area contributed by atoms with E-state index in [0.717, 1.165) is 18.5 Å². The molecule has 0 spiro atoms. The van der Waals surface area contributed by atoms with Crippen molar-refractivity contribution in [3.05, 3.63) is 42.7 Å². The van der Waals surface area contributed by atoms with Crippen molar-refractivity contribution in [1.82, 2.24) is 15.1 Å². The van der Waals surface area contributed by atoms with Gasteiger partial charge >= 0.3 is 6.03 Å². The van der Waals surface area contributed by atoms with E-state index in [-0.39, 0.29) is 24.6 Å². The number of fused-ring (bicyclic) bond motifs is 2. The standard InChI is InChI=1S/C18H22N4O2/c23-11-16-12-6-7-13(8-12)17(16)21-18(24)20-14-9-19-22(10-14)15-4-2-1-3-5-15/h1-5,9-10,12-13,16-17,23H,6-8,11H2,(H2,20,21,24). The number of hydrogen-bond acceptors (Lipinski definition) is 3. The maximum atomic E-state index is 12.3. The van der Waals surface area contributed by atoms with Crippen LogP contribution >= 0.6 is 0 Å². The molecule has 4 rings (SSSR count). The molecule has 6 nitrogen and oxygen atoms in total. The van der Waals surface area contributed by atoms with Crippen LogP contribution in [0.4, 0.5) is 10.5 Å². The van der Waals surface area contributed by atoms with Gasteiger partial charge in [0.1, 0.15) is 0 Å². The molecule has 2 aliphatic rings. The lowest BCUT2D eigenvalue weighted by Crippen LogP contribution is -2.46. The Morgan fingerprint density at radius 1 is 1.25 bits per heavy atom. The molecule has 2 bridgehead atoms. The summed E-state index contributed by atoms with van der Waals surface area (Å²) in [7, 11) is 0. The number of hydrogen-bond donors (Lipinski definition) is 3. The van der Waals surface area contributed by atoms with Gasteiger partial charge in [-0.25, -0.2) is 9.48 Å². The summed E-state index contributed by atoms with van der Waals surface area (Å²) >= 11 is 0. The van der Waals surface area contributed by atoms with E-state index in [1.165, 1.54) is 6.42 Å². The molecule has 24 heavy (non-hydrogen) atoms. The molecule has 1 aromatic carbocycles. The highest BCUT2D eigenvalue weighted by Crippen LogP contribution is 2.48. The molecule has 1 heterocycles. The first-order valence-corrected chi connectivity index (χ1v) is 8.53. The number of rotatable bonds is 4. The highest BCUT2D eigenvalue weighted by atomic mass is 16.3. The van der Waals surface area contributed by atoms with Gasteiger partial charge in [-0.15, -0.1) is 0 Å². The minimum atomic E-state index is -0.224. The van der Waals surface area contributed by atoms with Gasteiger partial charge in [-0.2, -0.15) is 5.10 Å². The molecule has 4 atom stereocenters. The minimum Gasteiger partial charge on any atom is -0.396 e. The Kier molecular flexibility index (Phi) is 3.98. The molecule has 1 aromatic heterocycles. The van der Waals surface area contributed by atoms with Crippen LogP contribution in [0.25, 0.3) is 5.69 Å². The summed E-state index contributed by atoms with van der Waals surface area (Å²) in [5.41, 5.74) is 1.60. The van der Waals surface area contributed by atoms with Crippen LogP contribution in [0, 0.1) is 17.8 Å². The first-order valence-electron chi connectivity index (χ1n) is 8.53. The molecule has 6 heteroatoms. The van der Waals surface area contributed by atoms with Crippen molar-refractivity contribution in [1.29, 1.82) is 0 Å². The number of carbonyl (C=O) groups is 1. The fourth-order valence-electron chi connectivity index (χ4n) is 4.33. The monoisotopic (exact) mass is 326 g/mol. The Morgan fingerprint density at radius 2 is 2.04 bits per heavy atom. The minimum absolute atomic E-state index is 0.0814. The molecule has 0 saturated heterocycles. The summed E-state index contributed by atoms with van der Waals surface area (Å²) in [5.74, 6) is 1.26. The number of aliphatic hydroxyl groups excluding tert-OH is 1. The molecule has 2 saturated carbocycles. The van der Waals surface area contributed by atoms with Gasteiger partial charge in [-0.3, -0.25) is 0 Å². The Balaban J connectivity index is 1.39. The van der Waals surface area contributed by atoms with E-state index < -0.39 is 0 Å². The SMILES string of the molecule is O=C(Nc1cnn(-c2ccccc2)c1)NC1C2CCC(C2)C1CO. The predicted octanol–water partition coefficient (Wildman–Crippen LogP) is 2.40. The Labute approximate surface area is 140 Å². The van der Waals surface area contributed by atoms with Gasteiger partial charge in [0, 0.05) is 18.6 Å². The molecule has 0 radical (unpaired) electrons. The zero-order valence-electron chi connectivity index (χ0n) is 13.4. The number of carbonyl (C=O) groups excluding carboxylic acids is 1. The normalized spacial score (nSPS) is 28.0. The maximum absolute atomic E-state index is 12.3. The Hall–Kier alpha value is -2.34. The zero-order chi connectivity index (χ0) is 16.5. The average molecular weight is 326 g/mol. The molecule has 4 unspecified atom stereocenters. The smallest absolute Gasteiger partial charge is 0.319 e. The summed E-state index contributed by atoms with van der Waals surface area (Å²) in [6.45, 7) is 0.151. The lowest BCUT2D eigenvalue weighted by Gasteiger charge is -2.30. The highest BCUT2D eigenvalue weighted by Gasteiger charge is 2.47. The fourth-order valence-corrected chi connectivity index (χ4v) is 4.33. The first kappa shape index (κ1) is 15.2. The van der Waals surface area contributed by atoms with Gasteiger partial charge < -0.3 is 15.7 Å². The van der Waals surface area contributed by atoms with Crippen molar-refractivity contribution >= 4 is 11.7 Å². The van der Waals surface area contributed by atoms with Crippen molar-refractivity contribution in [3.63, 3.8) is 0 Å². The van der Waals surface area contributed by atoms with Crippen LogP contribution in [-0.2, 0) is 0 Å². The third-order valence-electron chi connectivity index (χ3n) is 5.46. The predicted molar refractivity (Wildman–Crippen MR) is 90.9 cm³/mol. The molecular weight excluding hydrogens is 304 g/mol. The maximum Gasteiger partial charge on any atom is 0.319 e. The second kappa shape index (κ2) is 6.28. The van der Waals surface area contributed by atoms with Crippen LogP contribution in [0.15, 0.2) is 42.7 Å². The highest BCUT2D eigenvalue weighted by molar-refractivity contribution is 5.89. The van der Waals surface area contributed by atoms with Crippen LogP contribution < -0.4 is 10.6 Å². The lowest BCUT2D eigenvalue weighted by atomic mass is 9.85. The molecule has 0 aliphatic heterocycles. The van der Waals surface area contributed by atoms with Crippen molar-refractivity contribution in [3.8, 4) is 5.69 Å². The Bertz CT molecular complexity index is 715. The van der Waals surface area contributed by atoms with E-state index in [9.17, 15) is 9.90 Å². The van der Waals surface area contributed by atoms with Crippen LogP contribution in [0.1, 0.15) is 19.3 Å². The van der Waals surface area contributed by atoms with Crippen molar-refractivity contribution in [2.75, 3.05) is 11.9 Å². The quantitative estimate of drug-likeness (QED) is 0.807. The van der Waals surface area contributed by atoms with Crippen LogP contribution in [-0.4, -0.2) is 33.6 Å². The fraction of sp³-hybridized carbons (Fsp3) is 0.444. The summed E-state index contributed by atoms with van der Waals surface area (Å²) in [6.07, 6.45) is 6.88. The number of amides is 2. The summed E-state index contributed by atoms with van der Waals surface area (Å²) in [4.78, 5) is 12.3. The van der Waals surface area contributed by atoms with E-state index in [2.05, 4.69) is 15.7 Å². The number of anilines is 1. The third-order valence-corrected chi connectivity index (χ3v) is 5.46. The van der Waals surface area contributed by atoms with Gasteiger partial charge in [0.2, 0.25) is 0 Å². The molecule has 3 N–H and O–H groups in total. The van der Waals surface area contributed by atoms with E-state index in [4.69, 9.17) is 0 Å². The van der Waals surface area contributed by atoms with E-state index in [1.807, 2.05) is 30.3 Å². The van der Waals surface area contributed by atoms with E-state index in [1.54, 1.807) is 17.1 Å². The molecule has 2 aliphatic carbocycles. The van der Waals surface area contributed by atoms with Gasteiger partial charge in [-0.05, 0) is 43.2 Å². The molecule has 2 fully saturated rings. The third kappa shape index (κ3) is 2.78. The second-order valence-corrected chi connectivity index (χ2v) is 6.81. The lowest BCUT2D eigenvalue weighted by molar-refractivity contribution is 0.146. The zero-order valence-corrected chi connectivity index (χ0v) is 13.4. The number of urea groups is 1. The van der Waals surface area contributed by atoms with Crippen LogP contribution in [0.3, 0.4) is 0 Å². The topological polar surface area (TPSA) is 79.2 Å². The molecule has 126 valence electrons. The summed E-state index contributed by atoms with van der Waals surface area (Å²) in [5, 5.41) is 19.8. The van der Waals surface area contributed by atoms with E-state index >= 15 is 0 Å². The number of nitrogens with zero attached hydrogens (tertiary/aromatic N) is 2. The molecular formula is C18H22N4O2. The number of aromatic nitrogens is 2.